The van der Waals surface area contributed by atoms with E-state index in [1.807, 2.05) is 23.1 Å². The first-order valence-corrected chi connectivity index (χ1v) is 11.7. The second-order valence-electron chi connectivity index (χ2n) is 8.94. The van der Waals surface area contributed by atoms with Crippen LogP contribution in [0.5, 0.6) is 5.75 Å². The third-order valence-corrected chi connectivity index (χ3v) is 6.42. The van der Waals surface area contributed by atoms with Crippen LogP contribution in [0.25, 0.3) is 0 Å². The fraction of sp³-hybridized carbons (Fsp3) is 0.333. The molecule has 0 saturated carbocycles. The largest absolute Gasteiger partial charge is 0.491 e. The lowest BCUT2D eigenvalue weighted by Gasteiger charge is -2.22. The Balaban J connectivity index is 1.34. The molecule has 5 rings (SSSR count). The topological polar surface area (TPSA) is 33.7 Å². The first kappa shape index (κ1) is 23.5. The van der Waals surface area contributed by atoms with Crippen molar-refractivity contribution in [2.24, 2.45) is 0 Å². The first-order chi connectivity index (χ1) is 16.8. The Hall–Kier alpha value is -3.26. The summed E-state index contributed by atoms with van der Waals surface area (Å²) < 4.78 is 65.4. The molecular weight excluding hydrogens is 460 g/mol. The minimum Gasteiger partial charge on any atom is -0.491 e. The van der Waals surface area contributed by atoms with Gasteiger partial charge in [-0.15, -0.1) is 0 Å². The van der Waals surface area contributed by atoms with Crippen LogP contribution in [0.15, 0.2) is 60.7 Å². The van der Waals surface area contributed by atoms with Crippen LogP contribution in [0.1, 0.15) is 35.1 Å². The van der Waals surface area contributed by atoms with Gasteiger partial charge in [-0.3, -0.25) is 0 Å². The van der Waals surface area contributed by atoms with Gasteiger partial charge in [-0.2, -0.15) is 13.2 Å². The maximum Gasteiger partial charge on any atom is 0.416 e. The first-order valence-electron chi connectivity index (χ1n) is 11.7. The summed E-state index contributed by atoms with van der Waals surface area (Å²) in [5.74, 6) is -0.0962. The SMILES string of the molecule is Fc1ccc(CNc2cccc3c2CN(c2cc(OCC4CCCO4)cc(C(F)(F)F)c2)C3)cc1. The quantitative estimate of drug-likeness (QED) is 0.385. The molecule has 0 amide bonds. The Kier molecular flexibility index (Phi) is 6.56. The number of halogens is 4. The van der Waals surface area contributed by atoms with Gasteiger partial charge in [0.05, 0.1) is 11.7 Å². The third-order valence-electron chi connectivity index (χ3n) is 6.42. The lowest BCUT2D eigenvalue weighted by Crippen LogP contribution is -2.18. The van der Waals surface area contributed by atoms with Crippen molar-refractivity contribution < 1.29 is 27.0 Å². The highest BCUT2D eigenvalue weighted by Gasteiger charge is 2.33. The summed E-state index contributed by atoms with van der Waals surface area (Å²) in [4.78, 5) is 1.92. The molecule has 1 fully saturated rings. The van der Waals surface area contributed by atoms with Crippen molar-refractivity contribution in [3.05, 3.63) is 88.7 Å². The van der Waals surface area contributed by atoms with Crippen molar-refractivity contribution in [2.45, 2.75) is 44.8 Å². The van der Waals surface area contributed by atoms with Gasteiger partial charge in [0.1, 0.15) is 18.2 Å². The van der Waals surface area contributed by atoms with Crippen molar-refractivity contribution in [3.63, 3.8) is 0 Å². The number of hydrogen-bond donors (Lipinski definition) is 1. The number of fused-ring (bicyclic) bond motifs is 1. The second kappa shape index (κ2) is 9.77. The van der Waals surface area contributed by atoms with E-state index in [1.165, 1.54) is 18.2 Å². The van der Waals surface area contributed by atoms with Crippen molar-refractivity contribution in [1.29, 1.82) is 0 Å². The molecule has 1 N–H and O–H groups in total. The normalized spacial score (nSPS) is 17.5. The molecule has 2 aliphatic rings. The van der Waals surface area contributed by atoms with Gasteiger partial charge in [-0.05, 0) is 59.9 Å². The molecule has 184 valence electrons. The summed E-state index contributed by atoms with van der Waals surface area (Å²) in [7, 11) is 0. The number of hydrogen-bond acceptors (Lipinski definition) is 4. The van der Waals surface area contributed by atoms with Crippen LogP contribution in [0.4, 0.5) is 28.9 Å². The molecule has 0 bridgehead atoms. The molecular formula is C27H26F4N2O2. The number of nitrogens with zero attached hydrogens (tertiary/aromatic N) is 1. The standard InChI is InChI=1S/C27H26F4N2O2/c28-21-8-6-18(7-9-21)14-32-26-5-1-3-19-15-33(16-25(19)26)22-11-20(27(29,30)31)12-24(13-22)35-17-23-4-2-10-34-23/h1,3,5-9,11-13,23,32H,2,4,10,14-17H2. The number of nitrogens with one attached hydrogen (secondary N) is 1. The average molecular weight is 487 g/mol. The smallest absolute Gasteiger partial charge is 0.416 e. The molecule has 0 radical (unpaired) electrons. The van der Waals surface area contributed by atoms with E-state index in [4.69, 9.17) is 9.47 Å². The van der Waals surface area contributed by atoms with Crippen LogP contribution in [0.2, 0.25) is 0 Å². The molecule has 3 aromatic carbocycles. The summed E-state index contributed by atoms with van der Waals surface area (Å²) in [5.41, 5.74) is 3.66. The average Bonchev–Trinajstić information content (AvgIpc) is 3.52. The molecule has 1 unspecified atom stereocenters. The van der Waals surface area contributed by atoms with E-state index >= 15 is 0 Å². The molecule has 0 spiro atoms. The van der Waals surface area contributed by atoms with Crippen molar-refractivity contribution in [1.82, 2.24) is 0 Å². The zero-order chi connectivity index (χ0) is 24.4. The molecule has 2 aliphatic heterocycles. The van der Waals surface area contributed by atoms with E-state index in [9.17, 15) is 17.6 Å². The molecule has 1 saturated heterocycles. The van der Waals surface area contributed by atoms with E-state index in [2.05, 4.69) is 5.32 Å². The highest BCUT2D eigenvalue weighted by Crippen LogP contribution is 2.39. The Morgan fingerprint density at radius 1 is 1.03 bits per heavy atom. The van der Waals surface area contributed by atoms with Crippen LogP contribution < -0.4 is 15.0 Å². The van der Waals surface area contributed by atoms with Crippen molar-refractivity contribution >= 4 is 11.4 Å². The lowest BCUT2D eigenvalue weighted by atomic mass is 10.1. The van der Waals surface area contributed by atoms with Gasteiger partial charge in [-0.25, -0.2) is 4.39 Å². The summed E-state index contributed by atoms with van der Waals surface area (Å²) in [6, 6.07) is 16.0. The Morgan fingerprint density at radius 2 is 1.86 bits per heavy atom. The number of anilines is 2. The zero-order valence-corrected chi connectivity index (χ0v) is 19.1. The minimum atomic E-state index is -4.48. The monoisotopic (exact) mass is 486 g/mol. The summed E-state index contributed by atoms with van der Waals surface area (Å²) >= 11 is 0. The number of benzene rings is 3. The summed E-state index contributed by atoms with van der Waals surface area (Å²) in [6.45, 7) is 2.37. The van der Waals surface area contributed by atoms with E-state index in [1.54, 1.807) is 18.2 Å². The van der Waals surface area contributed by atoms with Crippen molar-refractivity contribution in [2.75, 3.05) is 23.4 Å². The maximum absolute atomic E-state index is 13.7. The highest BCUT2D eigenvalue weighted by atomic mass is 19.4. The van der Waals surface area contributed by atoms with Crippen LogP contribution >= 0.6 is 0 Å². The van der Waals surface area contributed by atoms with Crippen LogP contribution in [0, 0.1) is 5.82 Å². The van der Waals surface area contributed by atoms with E-state index in [-0.39, 0.29) is 24.3 Å². The Labute approximate surface area is 201 Å². The number of ether oxygens (including phenoxy) is 2. The second-order valence-corrected chi connectivity index (χ2v) is 8.94. The molecule has 8 heteroatoms. The van der Waals surface area contributed by atoms with Gasteiger partial charge in [-0.1, -0.05) is 24.3 Å². The molecule has 2 heterocycles. The van der Waals surface area contributed by atoms with E-state index in [0.29, 0.717) is 31.9 Å². The van der Waals surface area contributed by atoms with Gasteiger partial charge in [0.25, 0.3) is 0 Å². The molecule has 1 atom stereocenters. The summed E-state index contributed by atoms with van der Waals surface area (Å²) in [5, 5.41) is 3.38. The molecule has 4 nitrogen and oxygen atoms in total. The Bertz CT molecular complexity index is 1170. The molecule has 0 aliphatic carbocycles. The van der Waals surface area contributed by atoms with Gasteiger partial charge in [0, 0.05) is 43.7 Å². The fourth-order valence-electron chi connectivity index (χ4n) is 4.55. The van der Waals surface area contributed by atoms with E-state index in [0.717, 1.165) is 41.3 Å². The summed E-state index contributed by atoms with van der Waals surface area (Å²) in [6.07, 6.45) is -2.78. The van der Waals surface area contributed by atoms with E-state index < -0.39 is 11.7 Å². The van der Waals surface area contributed by atoms with Crippen LogP contribution in [-0.4, -0.2) is 19.3 Å². The van der Waals surface area contributed by atoms with Crippen molar-refractivity contribution in [3.8, 4) is 5.75 Å². The molecule has 0 aromatic heterocycles. The van der Waals surface area contributed by atoms with Crippen LogP contribution in [-0.2, 0) is 30.5 Å². The minimum absolute atomic E-state index is 0.0845. The Morgan fingerprint density at radius 3 is 2.60 bits per heavy atom. The maximum atomic E-state index is 13.7. The highest BCUT2D eigenvalue weighted by molar-refractivity contribution is 5.63. The lowest BCUT2D eigenvalue weighted by molar-refractivity contribution is -0.137. The zero-order valence-electron chi connectivity index (χ0n) is 19.1. The van der Waals surface area contributed by atoms with Crippen LogP contribution in [0.3, 0.4) is 0 Å². The number of alkyl halides is 3. The predicted octanol–water partition coefficient (Wildman–Crippen LogP) is 6.53. The fourth-order valence-corrected chi connectivity index (χ4v) is 4.55. The predicted molar refractivity (Wildman–Crippen MR) is 126 cm³/mol. The van der Waals surface area contributed by atoms with Gasteiger partial charge >= 0.3 is 6.18 Å². The molecule has 3 aromatic rings. The third kappa shape index (κ3) is 5.53. The number of rotatable bonds is 7. The van der Waals surface area contributed by atoms with Gasteiger partial charge < -0.3 is 19.7 Å². The van der Waals surface area contributed by atoms with Gasteiger partial charge in [0.2, 0.25) is 0 Å². The van der Waals surface area contributed by atoms with Gasteiger partial charge in [0.15, 0.2) is 0 Å². The molecule has 35 heavy (non-hydrogen) atoms.